The predicted molar refractivity (Wildman–Crippen MR) is 90.9 cm³/mol. The van der Waals surface area contributed by atoms with Gasteiger partial charge in [-0.15, -0.1) is 0 Å². The molecular weight excluding hydrogens is 294 g/mol. The van der Waals surface area contributed by atoms with Crippen LogP contribution in [0.1, 0.15) is 31.7 Å². The number of nitrogens with one attached hydrogen (secondary N) is 1. The van der Waals surface area contributed by atoms with Crippen LogP contribution in [0.4, 0.5) is 4.79 Å². The fourth-order valence-electron chi connectivity index (χ4n) is 1.86. The number of alkyl carbamates (subject to hydrolysis) is 1. The maximum absolute atomic E-state index is 12.1. The second-order valence-corrected chi connectivity index (χ2v) is 7.05. The Morgan fingerprint density at radius 3 is 2.09 bits per heavy atom. The monoisotopic (exact) mass is 315 g/mol. The van der Waals surface area contributed by atoms with E-state index in [2.05, 4.69) is 5.32 Å². The Kier molecular flexibility index (Phi) is 5.50. The molecule has 0 spiro atoms. The minimum atomic E-state index is -0.511. The van der Waals surface area contributed by atoms with Crippen molar-refractivity contribution in [3.8, 4) is 0 Å². The molecule has 0 aliphatic heterocycles. The molecular formula is C18H21NO2S. The van der Waals surface area contributed by atoms with E-state index in [0.717, 1.165) is 10.5 Å². The van der Waals surface area contributed by atoms with Crippen LogP contribution in [0.2, 0.25) is 0 Å². The molecule has 0 saturated heterocycles. The molecule has 0 radical (unpaired) electrons. The summed E-state index contributed by atoms with van der Waals surface area (Å²) >= 11 is 1.58. The molecule has 116 valence electrons. The van der Waals surface area contributed by atoms with Crippen LogP contribution in [0.5, 0.6) is 0 Å². The Bertz CT molecular complexity index is 593. The molecule has 2 aromatic rings. The zero-order chi connectivity index (χ0) is 16.0. The lowest BCUT2D eigenvalue weighted by Gasteiger charge is -2.23. The van der Waals surface area contributed by atoms with Gasteiger partial charge in [0.15, 0.2) is 0 Å². The highest BCUT2D eigenvalue weighted by atomic mass is 32.2. The van der Waals surface area contributed by atoms with Crippen molar-refractivity contribution >= 4 is 17.9 Å². The van der Waals surface area contributed by atoms with Crippen molar-refractivity contribution in [2.24, 2.45) is 0 Å². The summed E-state index contributed by atoms with van der Waals surface area (Å²) in [4.78, 5) is 13.2. The molecule has 1 N–H and O–H groups in total. The maximum Gasteiger partial charge on any atom is 0.408 e. The van der Waals surface area contributed by atoms with Crippen LogP contribution in [0.25, 0.3) is 0 Å². The maximum atomic E-state index is 12.1. The van der Waals surface area contributed by atoms with Crippen molar-refractivity contribution in [1.29, 1.82) is 0 Å². The summed E-state index contributed by atoms with van der Waals surface area (Å²) in [5.41, 5.74) is 0.519. The molecule has 1 atom stereocenters. The van der Waals surface area contributed by atoms with E-state index in [-0.39, 0.29) is 5.37 Å². The van der Waals surface area contributed by atoms with Gasteiger partial charge in [-0.1, -0.05) is 60.3 Å². The van der Waals surface area contributed by atoms with E-state index in [1.54, 1.807) is 11.8 Å². The van der Waals surface area contributed by atoms with E-state index < -0.39 is 11.7 Å². The van der Waals surface area contributed by atoms with E-state index in [0.29, 0.717) is 0 Å². The van der Waals surface area contributed by atoms with Crippen molar-refractivity contribution in [3.05, 3.63) is 66.2 Å². The van der Waals surface area contributed by atoms with Crippen LogP contribution in [0.15, 0.2) is 65.6 Å². The fourth-order valence-corrected chi connectivity index (χ4v) is 2.89. The molecule has 0 aliphatic carbocycles. The van der Waals surface area contributed by atoms with Crippen molar-refractivity contribution in [3.63, 3.8) is 0 Å². The van der Waals surface area contributed by atoms with Gasteiger partial charge < -0.3 is 10.1 Å². The Morgan fingerprint density at radius 2 is 1.55 bits per heavy atom. The van der Waals surface area contributed by atoms with Crippen LogP contribution in [0.3, 0.4) is 0 Å². The van der Waals surface area contributed by atoms with Crippen LogP contribution < -0.4 is 5.32 Å². The highest BCUT2D eigenvalue weighted by Crippen LogP contribution is 2.33. The standard InChI is InChI=1S/C18H21NO2S/c1-18(2,3)21-17(20)19-16(14-10-6-4-7-11-14)22-15-12-8-5-9-13-15/h4-13,16H,1-3H3,(H,19,20)/t16-/m1/s1. The molecule has 0 aliphatic rings. The number of hydrogen-bond donors (Lipinski definition) is 1. The Morgan fingerprint density at radius 1 is 1.00 bits per heavy atom. The SMILES string of the molecule is CC(C)(C)OC(=O)N[C@H](Sc1ccccc1)c1ccccc1. The summed E-state index contributed by atoms with van der Waals surface area (Å²) in [6.07, 6.45) is -0.412. The van der Waals surface area contributed by atoms with Gasteiger partial charge in [-0.3, -0.25) is 0 Å². The normalized spacial score (nSPS) is 12.5. The Labute approximate surface area is 136 Å². The van der Waals surface area contributed by atoms with Gasteiger partial charge in [-0.25, -0.2) is 4.79 Å². The summed E-state index contributed by atoms with van der Waals surface area (Å²) < 4.78 is 5.36. The van der Waals surface area contributed by atoms with Crippen molar-refractivity contribution in [1.82, 2.24) is 5.32 Å². The molecule has 2 aromatic carbocycles. The van der Waals surface area contributed by atoms with Gasteiger partial charge in [0.1, 0.15) is 11.0 Å². The van der Waals surface area contributed by atoms with Gasteiger partial charge in [0, 0.05) is 4.90 Å². The number of amides is 1. The van der Waals surface area contributed by atoms with Crippen molar-refractivity contribution < 1.29 is 9.53 Å². The third kappa shape index (κ3) is 5.45. The molecule has 0 unspecified atom stereocenters. The molecule has 0 fully saturated rings. The van der Waals surface area contributed by atoms with E-state index in [1.165, 1.54) is 0 Å². The lowest BCUT2D eigenvalue weighted by atomic mass is 10.2. The lowest BCUT2D eigenvalue weighted by Crippen LogP contribution is -2.34. The first-order valence-electron chi connectivity index (χ1n) is 7.20. The number of benzene rings is 2. The number of hydrogen-bond acceptors (Lipinski definition) is 3. The number of ether oxygens (including phenoxy) is 1. The highest BCUT2D eigenvalue weighted by Gasteiger charge is 2.21. The van der Waals surface area contributed by atoms with Crippen molar-refractivity contribution in [2.75, 3.05) is 0 Å². The van der Waals surface area contributed by atoms with Gasteiger partial charge in [0.25, 0.3) is 0 Å². The van der Waals surface area contributed by atoms with Crippen LogP contribution >= 0.6 is 11.8 Å². The quantitative estimate of drug-likeness (QED) is 0.637. The summed E-state index contributed by atoms with van der Waals surface area (Å²) in [7, 11) is 0. The van der Waals surface area contributed by atoms with Crippen LogP contribution in [-0.4, -0.2) is 11.7 Å². The third-order valence-corrected chi connectivity index (χ3v) is 3.92. The average Bonchev–Trinajstić information content (AvgIpc) is 2.47. The third-order valence-electron chi connectivity index (χ3n) is 2.75. The summed E-state index contributed by atoms with van der Waals surface area (Å²) in [6, 6.07) is 19.9. The Balaban J connectivity index is 2.14. The molecule has 0 heterocycles. The minimum absolute atomic E-state index is 0.196. The lowest BCUT2D eigenvalue weighted by molar-refractivity contribution is 0.0521. The zero-order valence-corrected chi connectivity index (χ0v) is 13.9. The van der Waals surface area contributed by atoms with Gasteiger partial charge in [-0.05, 0) is 38.5 Å². The van der Waals surface area contributed by atoms with E-state index in [4.69, 9.17) is 4.74 Å². The number of carbonyl (C=O) groups excluding carboxylic acids is 1. The largest absolute Gasteiger partial charge is 0.444 e. The first-order valence-corrected chi connectivity index (χ1v) is 8.08. The summed E-state index contributed by atoms with van der Waals surface area (Å²) in [5, 5.41) is 2.74. The molecule has 4 heteroatoms. The molecule has 0 aromatic heterocycles. The number of carbonyl (C=O) groups is 1. The topological polar surface area (TPSA) is 38.3 Å². The Hall–Kier alpha value is -1.94. The molecule has 3 nitrogen and oxygen atoms in total. The van der Waals surface area contributed by atoms with Gasteiger partial charge in [-0.2, -0.15) is 0 Å². The van der Waals surface area contributed by atoms with Gasteiger partial charge >= 0.3 is 6.09 Å². The summed E-state index contributed by atoms with van der Waals surface area (Å²) in [6.45, 7) is 5.57. The number of rotatable bonds is 4. The first kappa shape index (κ1) is 16.4. The molecule has 2 rings (SSSR count). The molecule has 22 heavy (non-hydrogen) atoms. The van der Waals surface area contributed by atoms with Crippen molar-refractivity contribution in [2.45, 2.75) is 36.6 Å². The first-order chi connectivity index (χ1) is 10.4. The predicted octanol–water partition coefficient (Wildman–Crippen LogP) is 5.00. The second-order valence-electron chi connectivity index (χ2n) is 5.87. The molecule has 1 amide bonds. The van der Waals surface area contributed by atoms with E-state index in [9.17, 15) is 4.79 Å². The summed E-state index contributed by atoms with van der Waals surface area (Å²) in [5.74, 6) is 0. The zero-order valence-electron chi connectivity index (χ0n) is 13.1. The highest BCUT2D eigenvalue weighted by molar-refractivity contribution is 7.99. The molecule has 0 saturated carbocycles. The molecule has 0 bridgehead atoms. The van der Waals surface area contributed by atoms with E-state index in [1.807, 2.05) is 81.4 Å². The minimum Gasteiger partial charge on any atom is -0.444 e. The fraction of sp³-hybridized carbons (Fsp3) is 0.278. The van der Waals surface area contributed by atoms with Gasteiger partial charge in [0.05, 0.1) is 0 Å². The smallest absolute Gasteiger partial charge is 0.408 e. The number of thioether (sulfide) groups is 1. The van der Waals surface area contributed by atoms with E-state index >= 15 is 0 Å². The van der Waals surface area contributed by atoms with Crippen LogP contribution in [0, 0.1) is 0 Å². The van der Waals surface area contributed by atoms with Crippen LogP contribution in [-0.2, 0) is 4.74 Å². The average molecular weight is 315 g/mol. The van der Waals surface area contributed by atoms with Gasteiger partial charge in [0.2, 0.25) is 0 Å². The second kappa shape index (κ2) is 7.36.